The van der Waals surface area contributed by atoms with Gasteiger partial charge in [-0.2, -0.15) is 0 Å². The Morgan fingerprint density at radius 1 is 1.22 bits per heavy atom. The normalized spacial score (nSPS) is 23.1. The first kappa shape index (κ1) is 15.9. The maximum atomic E-state index is 12.3. The molecule has 0 bridgehead atoms. The zero-order chi connectivity index (χ0) is 16.6. The fourth-order valence-corrected chi connectivity index (χ4v) is 3.42. The lowest BCUT2D eigenvalue weighted by molar-refractivity contribution is -0.142. The second-order valence-electron chi connectivity index (χ2n) is 5.93. The van der Waals surface area contributed by atoms with E-state index < -0.39 is 0 Å². The number of benzene rings is 1. The number of carbonyl (C=O) groups excluding carboxylic acids is 3. The van der Waals surface area contributed by atoms with Crippen LogP contribution in [0.5, 0.6) is 0 Å². The molecule has 0 saturated carbocycles. The van der Waals surface area contributed by atoms with Gasteiger partial charge in [0.05, 0.1) is 11.8 Å². The van der Waals surface area contributed by atoms with E-state index in [1.807, 2.05) is 25.1 Å². The Morgan fingerprint density at radius 3 is 2.39 bits per heavy atom. The third-order valence-corrected chi connectivity index (χ3v) is 5.21. The number of amides is 3. The molecular formula is C17H17BrN2O3. The van der Waals surface area contributed by atoms with Crippen LogP contribution in [0.1, 0.15) is 18.4 Å². The molecule has 5 nitrogen and oxygen atoms in total. The van der Waals surface area contributed by atoms with E-state index in [1.54, 1.807) is 12.1 Å². The summed E-state index contributed by atoms with van der Waals surface area (Å²) in [5.41, 5.74) is 1.69. The molecule has 1 saturated heterocycles. The van der Waals surface area contributed by atoms with Gasteiger partial charge in [-0.3, -0.25) is 19.3 Å². The van der Waals surface area contributed by atoms with Gasteiger partial charge >= 0.3 is 0 Å². The number of nitrogens with one attached hydrogen (secondary N) is 1. The Bertz CT molecular complexity index is 688. The van der Waals surface area contributed by atoms with Crippen molar-refractivity contribution in [2.45, 2.75) is 19.8 Å². The predicted molar refractivity (Wildman–Crippen MR) is 89.6 cm³/mol. The SMILES string of the molecule is Cc1ccc(NC(=O)CN2C(=O)[C@H]3CC=CC[C@@H]3C2=O)cc1Br. The third-order valence-electron chi connectivity index (χ3n) is 4.36. The summed E-state index contributed by atoms with van der Waals surface area (Å²) in [6.45, 7) is 1.73. The molecule has 3 rings (SSSR count). The summed E-state index contributed by atoms with van der Waals surface area (Å²) in [4.78, 5) is 37.9. The molecule has 1 aliphatic carbocycles. The first-order chi connectivity index (χ1) is 11.0. The number of allylic oxidation sites excluding steroid dienone is 2. The average Bonchev–Trinajstić information content (AvgIpc) is 2.76. The summed E-state index contributed by atoms with van der Waals surface area (Å²) < 4.78 is 0.890. The highest BCUT2D eigenvalue weighted by Crippen LogP contribution is 2.34. The summed E-state index contributed by atoms with van der Waals surface area (Å²) in [6, 6.07) is 5.46. The lowest BCUT2D eigenvalue weighted by atomic mass is 9.85. The Labute approximate surface area is 142 Å². The van der Waals surface area contributed by atoms with E-state index in [2.05, 4.69) is 21.2 Å². The number of aryl methyl sites for hydroxylation is 1. The van der Waals surface area contributed by atoms with Gasteiger partial charge in [-0.25, -0.2) is 0 Å². The Morgan fingerprint density at radius 2 is 1.83 bits per heavy atom. The smallest absolute Gasteiger partial charge is 0.244 e. The summed E-state index contributed by atoms with van der Waals surface area (Å²) in [5, 5.41) is 2.73. The van der Waals surface area contributed by atoms with E-state index in [-0.39, 0.29) is 36.1 Å². The summed E-state index contributed by atoms with van der Waals surface area (Å²) in [7, 11) is 0. The molecule has 1 N–H and O–H groups in total. The first-order valence-corrected chi connectivity index (χ1v) is 8.33. The van der Waals surface area contributed by atoms with Crippen LogP contribution in [0.25, 0.3) is 0 Å². The van der Waals surface area contributed by atoms with Crippen molar-refractivity contribution >= 4 is 39.3 Å². The van der Waals surface area contributed by atoms with Crippen LogP contribution < -0.4 is 5.32 Å². The number of rotatable bonds is 3. The largest absolute Gasteiger partial charge is 0.324 e. The highest BCUT2D eigenvalue weighted by atomic mass is 79.9. The number of fused-ring (bicyclic) bond motifs is 1. The van der Waals surface area contributed by atoms with Gasteiger partial charge in [0, 0.05) is 10.2 Å². The summed E-state index contributed by atoms with van der Waals surface area (Å²) in [5.74, 6) is -1.43. The lowest BCUT2D eigenvalue weighted by Crippen LogP contribution is -2.38. The molecule has 3 amide bonds. The van der Waals surface area contributed by atoms with Crippen molar-refractivity contribution in [1.82, 2.24) is 4.90 Å². The van der Waals surface area contributed by atoms with E-state index in [0.29, 0.717) is 18.5 Å². The lowest BCUT2D eigenvalue weighted by Gasteiger charge is -2.14. The van der Waals surface area contributed by atoms with Crippen LogP contribution >= 0.6 is 15.9 Å². The van der Waals surface area contributed by atoms with Crippen LogP contribution in [0.3, 0.4) is 0 Å². The molecule has 0 spiro atoms. The zero-order valence-electron chi connectivity index (χ0n) is 12.7. The molecular weight excluding hydrogens is 360 g/mol. The minimum atomic E-state index is -0.367. The Kier molecular flexibility index (Phi) is 4.35. The molecule has 120 valence electrons. The molecule has 2 aliphatic rings. The maximum absolute atomic E-state index is 12.3. The van der Waals surface area contributed by atoms with Gasteiger partial charge in [0.25, 0.3) is 0 Å². The number of hydrogen-bond donors (Lipinski definition) is 1. The molecule has 1 aliphatic heterocycles. The molecule has 0 radical (unpaired) electrons. The zero-order valence-corrected chi connectivity index (χ0v) is 14.3. The van der Waals surface area contributed by atoms with E-state index in [1.165, 1.54) is 0 Å². The highest BCUT2D eigenvalue weighted by Gasteiger charge is 2.47. The summed E-state index contributed by atoms with van der Waals surface area (Å²) >= 11 is 3.41. The van der Waals surface area contributed by atoms with Gasteiger partial charge in [0.1, 0.15) is 6.54 Å². The third kappa shape index (κ3) is 3.08. The van der Waals surface area contributed by atoms with Crippen molar-refractivity contribution in [3.63, 3.8) is 0 Å². The number of anilines is 1. The molecule has 0 unspecified atom stereocenters. The molecule has 1 aromatic carbocycles. The van der Waals surface area contributed by atoms with Gasteiger partial charge in [0.15, 0.2) is 0 Å². The van der Waals surface area contributed by atoms with E-state index in [9.17, 15) is 14.4 Å². The van der Waals surface area contributed by atoms with Crippen molar-refractivity contribution in [3.05, 3.63) is 40.4 Å². The van der Waals surface area contributed by atoms with Gasteiger partial charge < -0.3 is 5.32 Å². The van der Waals surface area contributed by atoms with E-state index >= 15 is 0 Å². The van der Waals surface area contributed by atoms with Gasteiger partial charge in [-0.1, -0.05) is 34.1 Å². The number of carbonyl (C=O) groups is 3. The van der Waals surface area contributed by atoms with Crippen LogP contribution in [0.4, 0.5) is 5.69 Å². The molecule has 1 fully saturated rings. The van der Waals surface area contributed by atoms with Crippen LogP contribution in [0.2, 0.25) is 0 Å². The second kappa shape index (κ2) is 6.28. The number of nitrogens with zero attached hydrogens (tertiary/aromatic N) is 1. The van der Waals surface area contributed by atoms with E-state index in [4.69, 9.17) is 0 Å². The predicted octanol–water partition coefficient (Wildman–Crippen LogP) is 2.65. The van der Waals surface area contributed by atoms with Crippen molar-refractivity contribution in [1.29, 1.82) is 0 Å². The van der Waals surface area contributed by atoms with Crippen LogP contribution in [-0.2, 0) is 14.4 Å². The molecule has 1 aromatic rings. The van der Waals surface area contributed by atoms with Crippen molar-refractivity contribution in [3.8, 4) is 0 Å². The maximum Gasteiger partial charge on any atom is 0.244 e. The monoisotopic (exact) mass is 376 g/mol. The topological polar surface area (TPSA) is 66.5 Å². The van der Waals surface area contributed by atoms with Crippen LogP contribution in [0.15, 0.2) is 34.8 Å². The average molecular weight is 377 g/mol. The van der Waals surface area contributed by atoms with Crippen LogP contribution in [0, 0.1) is 18.8 Å². The minimum Gasteiger partial charge on any atom is -0.324 e. The standard InChI is InChI=1S/C17H17BrN2O3/c1-10-6-7-11(8-14(10)18)19-15(21)9-20-16(22)12-4-2-3-5-13(12)17(20)23/h2-3,6-8,12-13H,4-5,9H2,1H3,(H,19,21)/t12-,13-/m0/s1. The Hall–Kier alpha value is -1.95. The van der Waals surface area contributed by atoms with Gasteiger partial charge in [-0.15, -0.1) is 0 Å². The quantitative estimate of drug-likeness (QED) is 0.651. The van der Waals surface area contributed by atoms with Crippen molar-refractivity contribution in [2.75, 3.05) is 11.9 Å². The summed E-state index contributed by atoms with van der Waals surface area (Å²) in [6.07, 6.45) is 5.02. The molecule has 1 heterocycles. The number of imide groups is 1. The van der Waals surface area contributed by atoms with Gasteiger partial charge in [-0.05, 0) is 37.5 Å². The number of halogens is 1. The van der Waals surface area contributed by atoms with Crippen LogP contribution in [-0.4, -0.2) is 29.2 Å². The molecule has 6 heteroatoms. The first-order valence-electron chi connectivity index (χ1n) is 7.53. The minimum absolute atomic E-state index is 0.226. The molecule has 2 atom stereocenters. The molecule has 23 heavy (non-hydrogen) atoms. The van der Waals surface area contributed by atoms with Crippen molar-refractivity contribution < 1.29 is 14.4 Å². The molecule has 0 aromatic heterocycles. The van der Waals surface area contributed by atoms with Crippen molar-refractivity contribution in [2.24, 2.45) is 11.8 Å². The number of likely N-dealkylation sites (tertiary alicyclic amines) is 1. The van der Waals surface area contributed by atoms with E-state index in [0.717, 1.165) is 14.9 Å². The fourth-order valence-electron chi connectivity index (χ4n) is 3.04. The fraction of sp³-hybridized carbons (Fsp3) is 0.353. The highest BCUT2D eigenvalue weighted by molar-refractivity contribution is 9.10. The van der Waals surface area contributed by atoms with Gasteiger partial charge in [0.2, 0.25) is 17.7 Å². The number of hydrogen-bond acceptors (Lipinski definition) is 3. The Balaban J connectivity index is 1.67. The second-order valence-corrected chi connectivity index (χ2v) is 6.78.